The average molecular weight is 486 g/mol. The van der Waals surface area contributed by atoms with E-state index in [1.165, 1.54) is 11.3 Å². The lowest BCUT2D eigenvalue weighted by Crippen LogP contribution is -2.39. The number of nitrogens with zero attached hydrogens (tertiary/aromatic N) is 5. The van der Waals surface area contributed by atoms with E-state index in [2.05, 4.69) is 28.7 Å². The van der Waals surface area contributed by atoms with Crippen LogP contribution in [0.25, 0.3) is 21.3 Å². The maximum absolute atomic E-state index is 13.6. The quantitative estimate of drug-likeness (QED) is 0.351. The van der Waals surface area contributed by atoms with Crippen LogP contribution < -0.4 is 9.64 Å². The van der Waals surface area contributed by atoms with Crippen molar-refractivity contribution >= 4 is 56.0 Å². The number of amides is 1. The van der Waals surface area contributed by atoms with E-state index in [1.807, 2.05) is 43.3 Å². The number of benzene rings is 2. The summed E-state index contributed by atoms with van der Waals surface area (Å²) in [4.78, 5) is 31.5. The number of halogens is 1. The second kappa shape index (κ2) is 10.9. The molecule has 0 bridgehead atoms. The van der Waals surface area contributed by atoms with Crippen LogP contribution in [0, 0.1) is 6.92 Å². The molecule has 0 aliphatic rings. The number of aromatic nitrogens is 3. The summed E-state index contributed by atoms with van der Waals surface area (Å²) in [6.07, 6.45) is 1.55. The Hall–Kier alpha value is -2.81. The minimum absolute atomic E-state index is 0. The van der Waals surface area contributed by atoms with Crippen LogP contribution in [0.1, 0.15) is 29.9 Å². The zero-order chi connectivity index (χ0) is 22.7. The van der Waals surface area contributed by atoms with Gasteiger partial charge in [0.15, 0.2) is 5.13 Å². The van der Waals surface area contributed by atoms with Gasteiger partial charge in [0.25, 0.3) is 5.91 Å². The highest BCUT2D eigenvalue weighted by molar-refractivity contribution is 7.22. The molecule has 2 aromatic carbocycles. The number of carbonyl (C=O) groups is 1. The van der Waals surface area contributed by atoms with Gasteiger partial charge in [-0.05, 0) is 43.8 Å². The summed E-state index contributed by atoms with van der Waals surface area (Å²) in [6.45, 7) is 9.37. The molecule has 0 saturated carbocycles. The van der Waals surface area contributed by atoms with Crippen molar-refractivity contribution in [3.8, 4) is 5.75 Å². The number of aryl methyl sites for hydroxylation is 1. The highest BCUT2D eigenvalue weighted by Crippen LogP contribution is 2.36. The Morgan fingerprint density at radius 3 is 2.45 bits per heavy atom. The van der Waals surface area contributed by atoms with Gasteiger partial charge in [-0.15, -0.1) is 12.4 Å². The Morgan fingerprint density at radius 1 is 1.03 bits per heavy atom. The number of rotatable bonds is 8. The van der Waals surface area contributed by atoms with Crippen molar-refractivity contribution in [2.24, 2.45) is 0 Å². The minimum atomic E-state index is -0.203. The lowest BCUT2D eigenvalue weighted by atomic mass is 10.2. The first-order chi connectivity index (χ1) is 15.5. The molecule has 1 amide bonds. The van der Waals surface area contributed by atoms with Crippen LogP contribution in [0.4, 0.5) is 5.13 Å². The van der Waals surface area contributed by atoms with Gasteiger partial charge in [0.2, 0.25) is 0 Å². The monoisotopic (exact) mass is 485 g/mol. The molecule has 7 nitrogen and oxygen atoms in total. The van der Waals surface area contributed by atoms with Crippen molar-refractivity contribution in [2.75, 3.05) is 38.2 Å². The molecule has 4 aromatic rings. The maximum atomic E-state index is 13.6. The third-order valence-corrected chi connectivity index (χ3v) is 6.80. The fraction of sp³-hybridized carbons (Fsp3) is 0.333. The molecule has 0 unspecified atom stereocenters. The van der Waals surface area contributed by atoms with Crippen molar-refractivity contribution in [3.05, 3.63) is 53.9 Å². The van der Waals surface area contributed by atoms with Gasteiger partial charge in [-0.25, -0.2) is 9.97 Å². The van der Waals surface area contributed by atoms with Gasteiger partial charge in [-0.3, -0.25) is 14.7 Å². The molecule has 2 heterocycles. The fourth-order valence-corrected chi connectivity index (χ4v) is 4.72. The molecule has 33 heavy (non-hydrogen) atoms. The van der Waals surface area contributed by atoms with Gasteiger partial charge in [0.05, 0.1) is 29.0 Å². The number of hydrogen-bond acceptors (Lipinski definition) is 7. The Bertz CT molecular complexity index is 1260. The standard InChI is InChI=1S/C24H27N5O2S.ClH/c1-5-28(6-2)13-14-29(23(30)19-15-25-17-9-7-8-10-18(17)26-19)24-27-21-20(31-4)12-11-16(3)22(21)32-24;/h7-12,15H,5-6,13-14H2,1-4H3;1H. The summed E-state index contributed by atoms with van der Waals surface area (Å²) < 4.78 is 6.53. The molecular weight excluding hydrogens is 458 g/mol. The van der Waals surface area contributed by atoms with Crippen molar-refractivity contribution in [1.82, 2.24) is 19.9 Å². The fourth-order valence-electron chi connectivity index (χ4n) is 3.64. The Morgan fingerprint density at radius 2 is 1.76 bits per heavy atom. The summed E-state index contributed by atoms with van der Waals surface area (Å²) in [6, 6.07) is 11.5. The maximum Gasteiger partial charge on any atom is 0.280 e. The number of ether oxygens (including phenoxy) is 1. The van der Waals surface area contributed by atoms with Crippen molar-refractivity contribution < 1.29 is 9.53 Å². The Balaban J connectivity index is 0.00000306. The lowest BCUT2D eigenvalue weighted by Gasteiger charge is -2.24. The van der Waals surface area contributed by atoms with Crippen molar-refractivity contribution in [3.63, 3.8) is 0 Å². The van der Waals surface area contributed by atoms with Crippen LogP contribution in [0.2, 0.25) is 0 Å². The van der Waals surface area contributed by atoms with Gasteiger partial charge in [-0.1, -0.05) is 43.4 Å². The van der Waals surface area contributed by atoms with Crippen molar-refractivity contribution in [1.29, 1.82) is 0 Å². The number of methoxy groups -OCH3 is 1. The van der Waals surface area contributed by atoms with Crippen LogP contribution >= 0.6 is 23.7 Å². The van der Waals surface area contributed by atoms with Gasteiger partial charge in [0, 0.05) is 13.1 Å². The molecule has 0 spiro atoms. The first kappa shape index (κ1) is 24.8. The zero-order valence-electron chi connectivity index (χ0n) is 19.2. The molecular formula is C24H28ClN5O2S. The number of hydrogen-bond donors (Lipinski definition) is 0. The summed E-state index contributed by atoms with van der Waals surface area (Å²) in [5, 5.41) is 0.639. The Labute approximate surface area is 203 Å². The lowest BCUT2D eigenvalue weighted by molar-refractivity contribution is 0.0979. The van der Waals surface area contributed by atoms with Crippen LogP contribution in [0.3, 0.4) is 0 Å². The van der Waals surface area contributed by atoms with Crippen molar-refractivity contribution in [2.45, 2.75) is 20.8 Å². The highest BCUT2D eigenvalue weighted by atomic mass is 35.5. The van der Waals surface area contributed by atoms with E-state index in [9.17, 15) is 4.79 Å². The highest BCUT2D eigenvalue weighted by Gasteiger charge is 2.24. The molecule has 9 heteroatoms. The van der Waals surface area contributed by atoms with E-state index in [1.54, 1.807) is 18.2 Å². The van der Waals surface area contributed by atoms with E-state index in [4.69, 9.17) is 9.72 Å². The largest absolute Gasteiger partial charge is 0.494 e. The first-order valence-corrected chi connectivity index (χ1v) is 11.6. The Kier molecular flexibility index (Phi) is 8.18. The van der Waals surface area contributed by atoms with E-state index < -0.39 is 0 Å². The first-order valence-electron chi connectivity index (χ1n) is 10.8. The molecule has 174 valence electrons. The summed E-state index contributed by atoms with van der Waals surface area (Å²) in [5.74, 6) is 0.501. The summed E-state index contributed by atoms with van der Waals surface area (Å²) in [5.41, 5.74) is 3.65. The number of likely N-dealkylation sites (N-methyl/N-ethyl adjacent to an activating group) is 1. The van der Waals surface area contributed by atoms with E-state index in [0.717, 1.165) is 40.9 Å². The molecule has 0 radical (unpaired) electrons. The van der Waals surface area contributed by atoms with Crippen LogP contribution in [-0.4, -0.2) is 59.0 Å². The predicted molar refractivity (Wildman–Crippen MR) is 137 cm³/mol. The molecule has 0 atom stereocenters. The number of para-hydroxylation sites is 2. The zero-order valence-corrected chi connectivity index (χ0v) is 20.9. The van der Waals surface area contributed by atoms with Crippen LogP contribution in [-0.2, 0) is 0 Å². The minimum Gasteiger partial charge on any atom is -0.494 e. The normalized spacial score (nSPS) is 11.1. The van der Waals surface area contributed by atoms with Gasteiger partial charge in [0.1, 0.15) is 17.0 Å². The molecule has 0 fully saturated rings. The average Bonchev–Trinajstić information content (AvgIpc) is 3.27. The topological polar surface area (TPSA) is 71.5 Å². The summed E-state index contributed by atoms with van der Waals surface area (Å²) in [7, 11) is 1.64. The second-order valence-corrected chi connectivity index (χ2v) is 8.46. The molecule has 2 aromatic heterocycles. The van der Waals surface area contributed by atoms with Crippen LogP contribution in [0.5, 0.6) is 5.75 Å². The predicted octanol–water partition coefficient (Wildman–Crippen LogP) is 4.97. The smallest absolute Gasteiger partial charge is 0.280 e. The van der Waals surface area contributed by atoms with Gasteiger partial charge < -0.3 is 9.64 Å². The van der Waals surface area contributed by atoms with E-state index >= 15 is 0 Å². The summed E-state index contributed by atoms with van der Waals surface area (Å²) >= 11 is 1.50. The third-order valence-electron chi connectivity index (χ3n) is 5.59. The van der Waals surface area contributed by atoms with Gasteiger partial charge in [-0.2, -0.15) is 0 Å². The SMILES string of the molecule is CCN(CC)CCN(C(=O)c1cnc2ccccc2n1)c1nc2c(OC)ccc(C)c2s1.Cl. The number of thiazole rings is 1. The number of carbonyl (C=O) groups excluding carboxylic acids is 1. The number of fused-ring (bicyclic) bond motifs is 2. The second-order valence-electron chi connectivity index (χ2n) is 7.49. The number of anilines is 1. The molecule has 0 N–H and O–H groups in total. The van der Waals surface area contributed by atoms with Gasteiger partial charge >= 0.3 is 0 Å². The molecule has 0 aliphatic heterocycles. The third kappa shape index (κ3) is 5.08. The van der Waals surface area contributed by atoms with Crippen LogP contribution in [0.15, 0.2) is 42.6 Å². The molecule has 0 saturated heterocycles. The molecule has 4 rings (SSSR count). The molecule has 0 aliphatic carbocycles. The van der Waals surface area contributed by atoms with E-state index in [-0.39, 0.29) is 18.3 Å². The van der Waals surface area contributed by atoms with E-state index in [0.29, 0.717) is 28.6 Å².